The van der Waals surface area contributed by atoms with Gasteiger partial charge in [-0.05, 0) is 34.4 Å². The second-order valence-electron chi connectivity index (χ2n) is 4.12. The van der Waals surface area contributed by atoms with Crippen molar-refractivity contribution in [3.8, 4) is 0 Å². The number of rotatable bonds is 6. The molecule has 5 nitrogen and oxygen atoms in total. The predicted octanol–water partition coefficient (Wildman–Crippen LogP) is 0.933. The fourth-order valence-electron chi connectivity index (χ4n) is 1.05. The number of carbonyl (C=O) groups excluding carboxylic acids is 3. The van der Waals surface area contributed by atoms with Crippen LogP contribution in [0.1, 0.15) is 26.7 Å². The number of esters is 2. The van der Waals surface area contributed by atoms with Crippen molar-refractivity contribution in [2.75, 3.05) is 20.6 Å². The first-order valence-electron chi connectivity index (χ1n) is 5.39. The van der Waals surface area contributed by atoms with E-state index in [9.17, 15) is 14.4 Å². The quantitative estimate of drug-likeness (QED) is 0.393. The molecule has 0 saturated carbocycles. The molecule has 17 heavy (non-hydrogen) atoms. The number of ether oxygens (including phenoxy) is 1. The van der Waals surface area contributed by atoms with E-state index in [1.54, 1.807) is 13.0 Å². The number of nitrogens with zero attached hydrogens (tertiary/aromatic N) is 1. The van der Waals surface area contributed by atoms with Crippen molar-refractivity contribution in [1.82, 2.24) is 4.90 Å². The minimum absolute atomic E-state index is 0.322. The van der Waals surface area contributed by atoms with E-state index < -0.39 is 11.9 Å². The second-order valence-corrected chi connectivity index (χ2v) is 4.12. The molecule has 0 aromatic rings. The normalized spacial score (nSPS) is 11.5. The Bertz CT molecular complexity index is 331. The summed E-state index contributed by atoms with van der Waals surface area (Å²) >= 11 is 0. The van der Waals surface area contributed by atoms with Crippen LogP contribution >= 0.6 is 0 Å². The highest BCUT2D eigenvalue weighted by atomic mass is 16.6. The van der Waals surface area contributed by atoms with Crippen molar-refractivity contribution in [3.05, 3.63) is 11.6 Å². The van der Waals surface area contributed by atoms with Crippen molar-refractivity contribution in [1.29, 1.82) is 0 Å². The van der Waals surface area contributed by atoms with Gasteiger partial charge in [0.05, 0.1) is 0 Å². The van der Waals surface area contributed by atoms with Crippen LogP contribution in [0, 0.1) is 0 Å². The Morgan fingerprint density at radius 2 is 1.76 bits per heavy atom. The van der Waals surface area contributed by atoms with Crippen LogP contribution in [0.25, 0.3) is 0 Å². The van der Waals surface area contributed by atoms with Gasteiger partial charge in [0.2, 0.25) is 0 Å². The van der Waals surface area contributed by atoms with Crippen LogP contribution in [0.4, 0.5) is 0 Å². The maximum atomic E-state index is 11.4. The van der Waals surface area contributed by atoms with E-state index in [0.717, 1.165) is 6.54 Å². The maximum Gasteiger partial charge on any atom is 0.341 e. The molecule has 0 rings (SSSR count). The molecule has 0 fully saturated rings. The van der Waals surface area contributed by atoms with Gasteiger partial charge in [-0.1, -0.05) is 6.08 Å². The summed E-state index contributed by atoms with van der Waals surface area (Å²) < 4.78 is 4.50. The highest BCUT2D eigenvalue weighted by Gasteiger charge is 2.13. The summed E-state index contributed by atoms with van der Waals surface area (Å²) in [6.07, 6.45) is 2.05. The Morgan fingerprint density at radius 3 is 2.24 bits per heavy atom. The molecule has 96 valence electrons. The van der Waals surface area contributed by atoms with Gasteiger partial charge in [-0.3, -0.25) is 9.59 Å². The van der Waals surface area contributed by atoms with Crippen LogP contribution < -0.4 is 0 Å². The van der Waals surface area contributed by atoms with Gasteiger partial charge in [0, 0.05) is 12.1 Å². The molecular formula is C12H19NO4. The molecule has 5 heteroatoms. The van der Waals surface area contributed by atoms with Gasteiger partial charge in [-0.2, -0.15) is 0 Å². The van der Waals surface area contributed by atoms with E-state index in [4.69, 9.17) is 0 Å². The number of hydrogen-bond acceptors (Lipinski definition) is 5. The van der Waals surface area contributed by atoms with Gasteiger partial charge in [0.1, 0.15) is 12.2 Å². The third kappa shape index (κ3) is 8.33. The van der Waals surface area contributed by atoms with Gasteiger partial charge in [0.15, 0.2) is 0 Å². The lowest BCUT2D eigenvalue weighted by molar-refractivity contribution is -0.157. The fraction of sp³-hybridized carbons (Fsp3) is 0.583. The summed E-state index contributed by atoms with van der Waals surface area (Å²) in [4.78, 5) is 35.0. The third-order valence-corrected chi connectivity index (χ3v) is 1.95. The van der Waals surface area contributed by atoms with E-state index in [0.29, 0.717) is 12.0 Å². The molecule has 0 aliphatic rings. The average Bonchev–Trinajstić information content (AvgIpc) is 2.15. The van der Waals surface area contributed by atoms with Gasteiger partial charge >= 0.3 is 11.9 Å². The van der Waals surface area contributed by atoms with Crippen LogP contribution in [-0.4, -0.2) is 43.3 Å². The van der Waals surface area contributed by atoms with Crippen LogP contribution in [-0.2, 0) is 19.1 Å². The molecule has 0 aromatic carbocycles. The topological polar surface area (TPSA) is 63.7 Å². The van der Waals surface area contributed by atoms with E-state index in [1.165, 1.54) is 6.92 Å². The highest BCUT2D eigenvalue weighted by molar-refractivity contribution is 6.01. The second kappa shape index (κ2) is 7.73. The number of hydrogen-bond donors (Lipinski definition) is 0. The maximum absolute atomic E-state index is 11.4. The Hall–Kier alpha value is -1.49. The third-order valence-electron chi connectivity index (χ3n) is 1.95. The molecule has 0 amide bonds. The highest BCUT2D eigenvalue weighted by Crippen LogP contribution is 2.01. The van der Waals surface area contributed by atoms with Gasteiger partial charge < -0.3 is 9.64 Å². The van der Waals surface area contributed by atoms with E-state index in [2.05, 4.69) is 4.74 Å². The van der Waals surface area contributed by atoms with E-state index in [-0.39, 0.29) is 12.2 Å². The minimum atomic E-state index is -0.803. The Morgan fingerprint density at radius 1 is 1.18 bits per heavy atom. The molecule has 0 aliphatic carbocycles. The van der Waals surface area contributed by atoms with Crippen molar-refractivity contribution in [2.45, 2.75) is 26.7 Å². The first-order chi connectivity index (χ1) is 7.82. The molecule has 0 aliphatic heterocycles. The fourth-order valence-corrected chi connectivity index (χ4v) is 1.05. The molecule has 0 spiro atoms. The van der Waals surface area contributed by atoms with Crippen molar-refractivity contribution < 1.29 is 19.1 Å². The first-order valence-corrected chi connectivity index (χ1v) is 5.39. The lowest BCUT2D eigenvalue weighted by Crippen LogP contribution is -2.16. The average molecular weight is 241 g/mol. The summed E-state index contributed by atoms with van der Waals surface area (Å²) in [5.74, 6) is -1.81. The first kappa shape index (κ1) is 15.5. The van der Waals surface area contributed by atoms with Crippen LogP contribution in [0.15, 0.2) is 11.6 Å². The van der Waals surface area contributed by atoms with Crippen molar-refractivity contribution in [2.24, 2.45) is 0 Å². The van der Waals surface area contributed by atoms with Crippen LogP contribution in [0.2, 0.25) is 0 Å². The smallest absolute Gasteiger partial charge is 0.341 e. The summed E-state index contributed by atoms with van der Waals surface area (Å²) in [6.45, 7) is 3.66. The number of carbonyl (C=O) groups is 3. The standard InChI is InChI=1S/C12H19NO4/c1-9(6-5-7-13(3)4)12(16)17-11(15)8-10(2)14/h6H,5,7-8H2,1-4H3. The zero-order chi connectivity index (χ0) is 13.4. The molecule has 0 bridgehead atoms. The summed E-state index contributed by atoms with van der Waals surface area (Å²) in [5, 5.41) is 0. The van der Waals surface area contributed by atoms with Gasteiger partial charge in [-0.15, -0.1) is 0 Å². The Balaban J connectivity index is 4.13. The molecule has 0 aromatic heterocycles. The molecule has 0 radical (unpaired) electrons. The van der Waals surface area contributed by atoms with Crippen LogP contribution in [0.3, 0.4) is 0 Å². The summed E-state index contributed by atoms with van der Waals surface area (Å²) in [7, 11) is 3.86. The largest absolute Gasteiger partial charge is 0.389 e. The van der Waals surface area contributed by atoms with Crippen molar-refractivity contribution >= 4 is 17.7 Å². The monoisotopic (exact) mass is 241 g/mol. The molecule has 0 heterocycles. The Kier molecular flexibility index (Phi) is 7.05. The van der Waals surface area contributed by atoms with E-state index >= 15 is 0 Å². The lowest BCUT2D eigenvalue weighted by atomic mass is 10.2. The van der Waals surface area contributed by atoms with Crippen LogP contribution in [0.5, 0.6) is 0 Å². The molecule has 0 unspecified atom stereocenters. The minimum Gasteiger partial charge on any atom is -0.389 e. The summed E-state index contributed by atoms with van der Waals surface area (Å²) in [5.41, 5.74) is 0.378. The predicted molar refractivity (Wildman–Crippen MR) is 63.3 cm³/mol. The number of ketones is 1. The van der Waals surface area contributed by atoms with Gasteiger partial charge in [-0.25, -0.2) is 4.79 Å². The zero-order valence-corrected chi connectivity index (χ0v) is 10.8. The van der Waals surface area contributed by atoms with E-state index in [1.807, 2.05) is 19.0 Å². The Labute approximate surface area is 101 Å². The SMILES string of the molecule is CC(=O)CC(=O)OC(=O)C(C)=CCCN(C)C. The van der Waals surface area contributed by atoms with Crippen molar-refractivity contribution in [3.63, 3.8) is 0 Å². The molecule has 0 saturated heterocycles. The summed E-state index contributed by atoms with van der Waals surface area (Å²) in [6, 6.07) is 0. The number of Topliss-reactive ketones (excluding diaryl/α,β-unsaturated/α-hetero) is 1. The zero-order valence-electron chi connectivity index (χ0n) is 10.8. The van der Waals surface area contributed by atoms with Gasteiger partial charge in [0.25, 0.3) is 0 Å². The molecule has 0 N–H and O–H groups in total. The lowest BCUT2D eigenvalue weighted by Gasteiger charge is -2.07. The molecule has 0 atom stereocenters. The molecular weight excluding hydrogens is 222 g/mol.